The Labute approximate surface area is 87.5 Å². The van der Waals surface area contributed by atoms with Gasteiger partial charge in [-0.25, -0.2) is 0 Å². The van der Waals surface area contributed by atoms with E-state index in [1.165, 1.54) is 12.8 Å². The molecule has 82 valence electrons. The minimum absolute atomic E-state index is 0.280. The maximum atomic E-state index is 7.94. The summed E-state index contributed by atoms with van der Waals surface area (Å²) < 4.78 is 5.87. The monoisotopic (exact) mass is 197 g/mol. The third-order valence-electron chi connectivity index (χ3n) is 2.96. The molecule has 2 heteroatoms. The summed E-state index contributed by atoms with van der Waals surface area (Å²) in [5.74, 6) is 0.399. The normalized spacial score (nSPS) is 25.4. The van der Waals surface area contributed by atoms with Gasteiger partial charge in [0.2, 0.25) is 0 Å². The summed E-state index contributed by atoms with van der Waals surface area (Å²) >= 11 is 0. The molecule has 1 aliphatic rings. The Morgan fingerprint density at radius 1 is 1.43 bits per heavy atom. The first-order valence-corrected chi connectivity index (χ1v) is 5.88. The van der Waals surface area contributed by atoms with Crippen molar-refractivity contribution in [1.82, 2.24) is 0 Å². The van der Waals surface area contributed by atoms with E-state index in [1.807, 2.05) is 0 Å². The second-order valence-electron chi connectivity index (χ2n) is 4.51. The van der Waals surface area contributed by atoms with Crippen LogP contribution in [0.4, 0.5) is 0 Å². The minimum Gasteiger partial charge on any atom is -0.375 e. The predicted molar refractivity (Wildman–Crippen MR) is 60.0 cm³/mol. The van der Waals surface area contributed by atoms with Crippen molar-refractivity contribution in [2.75, 3.05) is 0 Å². The Kier molecular flexibility index (Phi) is 4.59. The molecule has 0 aliphatic heterocycles. The summed E-state index contributed by atoms with van der Waals surface area (Å²) in [6, 6.07) is 0. The zero-order valence-corrected chi connectivity index (χ0v) is 9.68. The molecule has 2 unspecified atom stereocenters. The van der Waals surface area contributed by atoms with Gasteiger partial charge in [0.05, 0.1) is 12.2 Å². The van der Waals surface area contributed by atoms with Gasteiger partial charge in [-0.1, -0.05) is 13.3 Å². The van der Waals surface area contributed by atoms with Gasteiger partial charge < -0.3 is 10.1 Å². The van der Waals surface area contributed by atoms with E-state index < -0.39 is 0 Å². The van der Waals surface area contributed by atoms with E-state index in [0.29, 0.717) is 5.92 Å². The maximum absolute atomic E-state index is 7.94. The molecule has 1 N–H and O–H groups in total. The molecular weight excluding hydrogens is 174 g/mol. The fourth-order valence-electron chi connectivity index (χ4n) is 2.27. The van der Waals surface area contributed by atoms with E-state index in [2.05, 4.69) is 20.8 Å². The Morgan fingerprint density at radius 2 is 2.14 bits per heavy atom. The van der Waals surface area contributed by atoms with Crippen molar-refractivity contribution in [2.45, 2.75) is 65.1 Å². The second kappa shape index (κ2) is 5.50. The van der Waals surface area contributed by atoms with E-state index >= 15 is 0 Å². The van der Waals surface area contributed by atoms with E-state index in [4.69, 9.17) is 10.1 Å². The van der Waals surface area contributed by atoms with Crippen LogP contribution in [-0.4, -0.2) is 17.9 Å². The summed E-state index contributed by atoms with van der Waals surface area (Å²) in [5, 5.41) is 7.94. The molecule has 14 heavy (non-hydrogen) atoms. The summed E-state index contributed by atoms with van der Waals surface area (Å²) in [7, 11) is 0. The van der Waals surface area contributed by atoms with Crippen molar-refractivity contribution in [3.8, 4) is 0 Å². The molecule has 2 nitrogen and oxygen atoms in total. The van der Waals surface area contributed by atoms with Crippen LogP contribution < -0.4 is 0 Å². The molecule has 0 aromatic rings. The highest BCUT2D eigenvalue weighted by Crippen LogP contribution is 2.27. The zero-order valence-electron chi connectivity index (χ0n) is 9.68. The molecule has 1 rings (SSSR count). The lowest BCUT2D eigenvalue weighted by Crippen LogP contribution is -2.33. The minimum atomic E-state index is 0.280. The molecule has 0 aromatic carbocycles. The van der Waals surface area contributed by atoms with Gasteiger partial charge in [-0.15, -0.1) is 0 Å². The third-order valence-corrected chi connectivity index (χ3v) is 2.96. The average molecular weight is 197 g/mol. The first-order valence-electron chi connectivity index (χ1n) is 5.88. The van der Waals surface area contributed by atoms with Gasteiger partial charge >= 0.3 is 0 Å². The molecule has 0 bridgehead atoms. The van der Waals surface area contributed by atoms with E-state index in [0.717, 1.165) is 25.0 Å². The van der Waals surface area contributed by atoms with E-state index in [9.17, 15) is 0 Å². The Bertz CT molecular complexity index is 189. The smallest absolute Gasteiger partial charge is 0.0656 e. The lowest BCUT2D eigenvalue weighted by molar-refractivity contribution is -0.0168. The molecule has 0 saturated heterocycles. The van der Waals surface area contributed by atoms with Gasteiger partial charge in [0.1, 0.15) is 0 Å². The molecule has 1 saturated carbocycles. The quantitative estimate of drug-likeness (QED) is 0.736. The highest BCUT2D eigenvalue weighted by Gasteiger charge is 2.27. The molecule has 0 heterocycles. The van der Waals surface area contributed by atoms with Crippen molar-refractivity contribution >= 4 is 5.71 Å². The highest BCUT2D eigenvalue weighted by molar-refractivity contribution is 5.84. The number of hydrogen-bond donors (Lipinski definition) is 1. The molecule has 0 radical (unpaired) electrons. The van der Waals surface area contributed by atoms with Crippen LogP contribution >= 0.6 is 0 Å². The first kappa shape index (κ1) is 11.7. The van der Waals surface area contributed by atoms with Crippen molar-refractivity contribution in [3.63, 3.8) is 0 Å². The van der Waals surface area contributed by atoms with Gasteiger partial charge in [-0.05, 0) is 39.5 Å². The van der Waals surface area contributed by atoms with Crippen molar-refractivity contribution < 1.29 is 4.74 Å². The van der Waals surface area contributed by atoms with Crippen LogP contribution in [0.25, 0.3) is 0 Å². The molecule has 0 amide bonds. The summed E-state index contributed by atoms with van der Waals surface area (Å²) in [6.07, 6.45) is 6.22. The number of ether oxygens (including phenoxy) is 1. The molecular formula is C12H23NO. The Balaban J connectivity index is 2.53. The molecule has 0 aromatic heterocycles. The van der Waals surface area contributed by atoms with Crippen LogP contribution in [0.1, 0.15) is 52.9 Å². The van der Waals surface area contributed by atoms with Crippen LogP contribution in [0.2, 0.25) is 0 Å². The predicted octanol–water partition coefficient (Wildman–Crippen LogP) is 3.40. The Hall–Kier alpha value is -0.370. The fourth-order valence-corrected chi connectivity index (χ4v) is 2.27. The lowest BCUT2D eigenvalue weighted by Gasteiger charge is -2.31. The zero-order chi connectivity index (χ0) is 10.6. The third kappa shape index (κ3) is 3.09. The largest absolute Gasteiger partial charge is 0.375 e. The van der Waals surface area contributed by atoms with Gasteiger partial charge in [-0.2, -0.15) is 0 Å². The molecule has 0 spiro atoms. The van der Waals surface area contributed by atoms with Crippen LogP contribution in [-0.2, 0) is 4.74 Å². The van der Waals surface area contributed by atoms with Crippen molar-refractivity contribution in [3.05, 3.63) is 0 Å². The van der Waals surface area contributed by atoms with Gasteiger partial charge in [0, 0.05) is 11.6 Å². The SMILES string of the molecule is CCC(OC(C)C)C1CCCCC1=N. The van der Waals surface area contributed by atoms with Gasteiger partial charge in [-0.3, -0.25) is 0 Å². The molecule has 2 atom stereocenters. The fraction of sp³-hybridized carbons (Fsp3) is 0.917. The van der Waals surface area contributed by atoms with Crippen LogP contribution in [0, 0.1) is 11.3 Å². The van der Waals surface area contributed by atoms with Gasteiger partial charge in [0.15, 0.2) is 0 Å². The summed E-state index contributed by atoms with van der Waals surface area (Å²) in [5.41, 5.74) is 0.920. The molecule has 1 fully saturated rings. The van der Waals surface area contributed by atoms with E-state index in [1.54, 1.807) is 0 Å². The van der Waals surface area contributed by atoms with Crippen molar-refractivity contribution in [1.29, 1.82) is 5.41 Å². The average Bonchev–Trinajstić information content (AvgIpc) is 2.15. The second-order valence-corrected chi connectivity index (χ2v) is 4.51. The summed E-state index contributed by atoms with van der Waals surface area (Å²) in [4.78, 5) is 0. The highest BCUT2D eigenvalue weighted by atomic mass is 16.5. The van der Waals surface area contributed by atoms with Crippen LogP contribution in [0.3, 0.4) is 0 Å². The summed E-state index contributed by atoms with van der Waals surface area (Å²) in [6.45, 7) is 6.32. The van der Waals surface area contributed by atoms with E-state index in [-0.39, 0.29) is 12.2 Å². The number of nitrogens with one attached hydrogen (secondary N) is 1. The Morgan fingerprint density at radius 3 is 2.64 bits per heavy atom. The number of rotatable bonds is 4. The van der Waals surface area contributed by atoms with Crippen LogP contribution in [0.5, 0.6) is 0 Å². The first-order chi connectivity index (χ1) is 6.65. The topological polar surface area (TPSA) is 33.1 Å². The lowest BCUT2D eigenvalue weighted by atomic mass is 9.82. The maximum Gasteiger partial charge on any atom is 0.0656 e. The van der Waals surface area contributed by atoms with Crippen molar-refractivity contribution in [2.24, 2.45) is 5.92 Å². The number of hydrogen-bond acceptors (Lipinski definition) is 2. The molecule has 1 aliphatic carbocycles. The van der Waals surface area contributed by atoms with Crippen LogP contribution in [0.15, 0.2) is 0 Å². The van der Waals surface area contributed by atoms with Gasteiger partial charge in [0.25, 0.3) is 0 Å². The standard InChI is InChI=1S/C12H23NO/c1-4-12(14-9(2)3)10-7-5-6-8-11(10)13/h9-10,12-13H,4-8H2,1-3H3.